The first kappa shape index (κ1) is 13.5. The van der Waals surface area contributed by atoms with Crippen LogP contribution in [-0.4, -0.2) is 60.1 Å². The van der Waals surface area contributed by atoms with Gasteiger partial charge in [-0.05, 0) is 25.9 Å². The molecular formula is C12H24N2O2. The summed E-state index contributed by atoms with van der Waals surface area (Å²) in [5.74, 6) is -0.0199. The Morgan fingerprint density at radius 1 is 1.38 bits per heavy atom. The number of hydrogen-bond acceptors (Lipinski definition) is 3. The maximum atomic E-state index is 10.6. The van der Waals surface area contributed by atoms with Crippen molar-refractivity contribution in [1.29, 1.82) is 0 Å². The van der Waals surface area contributed by atoms with Crippen molar-refractivity contribution in [2.45, 2.75) is 32.7 Å². The summed E-state index contributed by atoms with van der Waals surface area (Å²) in [6.07, 6.45) is 1.04. The molecule has 0 bridgehead atoms. The minimum atomic E-state index is -0.686. The second kappa shape index (κ2) is 6.21. The topological polar surface area (TPSA) is 43.8 Å². The van der Waals surface area contributed by atoms with Crippen molar-refractivity contribution in [3.05, 3.63) is 0 Å². The van der Waals surface area contributed by atoms with E-state index >= 15 is 0 Å². The Morgan fingerprint density at radius 2 is 2.06 bits per heavy atom. The number of carbonyl (C=O) groups is 1. The molecule has 94 valence electrons. The molecule has 1 aliphatic heterocycles. The maximum Gasteiger partial charge on any atom is 0.303 e. The van der Waals surface area contributed by atoms with E-state index in [-0.39, 0.29) is 6.42 Å². The van der Waals surface area contributed by atoms with Gasteiger partial charge >= 0.3 is 5.97 Å². The fourth-order valence-electron chi connectivity index (χ4n) is 2.51. The highest BCUT2D eigenvalue weighted by Crippen LogP contribution is 2.15. The van der Waals surface area contributed by atoms with Crippen LogP contribution >= 0.6 is 0 Å². The smallest absolute Gasteiger partial charge is 0.303 e. The number of carboxylic acids is 1. The second-order valence-corrected chi connectivity index (χ2v) is 4.98. The molecule has 0 aromatic heterocycles. The second-order valence-electron chi connectivity index (χ2n) is 4.98. The van der Waals surface area contributed by atoms with Crippen LogP contribution in [-0.2, 0) is 4.79 Å². The van der Waals surface area contributed by atoms with Crippen LogP contribution < -0.4 is 0 Å². The van der Waals surface area contributed by atoms with Gasteiger partial charge in [-0.2, -0.15) is 0 Å². The van der Waals surface area contributed by atoms with Crippen molar-refractivity contribution in [1.82, 2.24) is 9.80 Å². The molecule has 1 N–H and O–H groups in total. The molecule has 2 unspecified atom stereocenters. The van der Waals surface area contributed by atoms with E-state index in [0.717, 1.165) is 32.6 Å². The highest BCUT2D eigenvalue weighted by atomic mass is 16.4. The number of carboxylic acid groups (broad SMARTS) is 1. The molecule has 0 aliphatic carbocycles. The predicted octanol–water partition coefficient (Wildman–Crippen LogP) is 1.12. The zero-order valence-corrected chi connectivity index (χ0v) is 10.6. The van der Waals surface area contributed by atoms with Gasteiger partial charge in [0.15, 0.2) is 0 Å². The van der Waals surface area contributed by atoms with Crippen LogP contribution in [0.3, 0.4) is 0 Å². The standard InChI is InChI=1S/C12H24N2O2/c1-4-14-8-10(2)7-13(3)11(9-14)5-6-12(15)16/h10-11H,4-9H2,1-3H3,(H,15,16). The summed E-state index contributed by atoms with van der Waals surface area (Å²) in [5, 5.41) is 8.74. The Bertz CT molecular complexity index is 233. The first-order valence-electron chi connectivity index (χ1n) is 6.17. The van der Waals surface area contributed by atoms with Gasteiger partial charge in [-0.25, -0.2) is 0 Å². The lowest BCUT2D eigenvalue weighted by Gasteiger charge is -2.28. The fraction of sp³-hybridized carbons (Fsp3) is 0.917. The quantitative estimate of drug-likeness (QED) is 0.783. The van der Waals surface area contributed by atoms with Gasteiger partial charge in [0, 0.05) is 32.1 Å². The maximum absolute atomic E-state index is 10.6. The molecule has 1 rings (SSSR count). The Kier molecular flexibility index (Phi) is 5.22. The lowest BCUT2D eigenvalue weighted by molar-refractivity contribution is -0.137. The Balaban J connectivity index is 2.54. The van der Waals surface area contributed by atoms with Crippen molar-refractivity contribution < 1.29 is 9.90 Å². The monoisotopic (exact) mass is 228 g/mol. The molecule has 0 saturated carbocycles. The third-order valence-electron chi connectivity index (χ3n) is 3.40. The molecule has 1 fully saturated rings. The molecule has 0 aromatic rings. The van der Waals surface area contributed by atoms with E-state index in [0.29, 0.717) is 12.0 Å². The van der Waals surface area contributed by atoms with E-state index < -0.39 is 5.97 Å². The lowest BCUT2D eigenvalue weighted by Crippen LogP contribution is -2.39. The van der Waals surface area contributed by atoms with Crippen molar-refractivity contribution >= 4 is 5.97 Å². The summed E-state index contributed by atoms with van der Waals surface area (Å²) in [5.41, 5.74) is 0. The summed E-state index contributed by atoms with van der Waals surface area (Å²) < 4.78 is 0. The zero-order valence-electron chi connectivity index (χ0n) is 10.6. The van der Waals surface area contributed by atoms with Crippen LogP contribution in [0, 0.1) is 5.92 Å². The SMILES string of the molecule is CCN1CC(C)CN(C)C(CCC(=O)O)C1. The van der Waals surface area contributed by atoms with Gasteiger partial charge in [0.1, 0.15) is 0 Å². The molecule has 0 aromatic carbocycles. The van der Waals surface area contributed by atoms with E-state index in [1.54, 1.807) is 0 Å². The van der Waals surface area contributed by atoms with Gasteiger partial charge in [0.2, 0.25) is 0 Å². The predicted molar refractivity (Wildman–Crippen MR) is 64.6 cm³/mol. The van der Waals surface area contributed by atoms with Gasteiger partial charge in [0.05, 0.1) is 0 Å². The van der Waals surface area contributed by atoms with Crippen LogP contribution in [0.1, 0.15) is 26.7 Å². The van der Waals surface area contributed by atoms with Gasteiger partial charge in [-0.15, -0.1) is 0 Å². The Hall–Kier alpha value is -0.610. The van der Waals surface area contributed by atoms with Crippen molar-refractivity contribution in [2.24, 2.45) is 5.92 Å². The fourth-order valence-corrected chi connectivity index (χ4v) is 2.51. The number of hydrogen-bond donors (Lipinski definition) is 1. The first-order chi connectivity index (χ1) is 7.52. The van der Waals surface area contributed by atoms with E-state index in [4.69, 9.17) is 5.11 Å². The lowest BCUT2D eigenvalue weighted by atomic mass is 10.1. The average Bonchev–Trinajstić information content (AvgIpc) is 2.34. The number of nitrogens with zero attached hydrogens (tertiary/aromatic N) is 2. The van der Waals surface area contributed by atoms with Crippen LogP contribution in [0.15, 0.2) is 0 Å². The van der Waals surface area contributed by atoms with E-state index in [1.807, 2.05) is 0 Å². The van der Waals surface area contributed by atoms with Gasteiger partial charge in [0.25, 0.3) is 0 Å². The average molecular weight is 228 g/mol. The van der Waals surface area contributed by atoms with Crippen LogP contribution in [0.4, 0.5) is 0 Å². The summed E-state index contributed by atoms with van der Waals surface area (Å²) in [6, 6.07) is 0.390. The summed E-state index contributed by atoms with van der Waals surface area (Å²) in [6.45, 7) is 8.70. The van der Waals surface area contributed by atoms with E-state index in [1.165, 1.54) is 0 Å². The number of likely N-dealkylation sites (N-methyl/N-ethyl adjacent to an activating group) is 2. The summed E-state index contributed by atoms with van der Waals surface area (Å²) >= 11 is 0. The minimum Gasteiger partial charge on any atom is -0.481 e. The molecule has 0 spiro atoms. The molecule has 4 nitrogen and oxygen atoms in total. The Morgan fingerprint density at radius 3 is 2.62 bits per heavy atom. The number of aliphatic carboxylic acids is 1. The van der Waals surface area contributed by atoms with Gasteiger partial charge in [-0.1, -0.05) is 13.8 Å². The number of rotatable bonds is 4. The normalized spacial score (nSPS) is 28.9. The molecule has 2 atom stereocenters. The summed E-state index contributed by atoms with van der Waals surface area (Å²) in [4.78, 5) is 15.4. The van der Waals surface area contributed by atoms with Crippen LogP contribution in [0.25, 0.3) is 0 Å². The van der Waals surface area contributed by atoms with E-state index in [2.05, 4.69) is 30.7 Å². The molecule has 0 amide bonds. The third kappa shape index (κ3) is 4.10. The molecule has 1 saturated heterocycles. The zero-order chi connectivity index (χ0) is 12.1. The highest BCUT2D eigenvalue weighted by Gasteiger charge is 2.25. The van der Waals surface area contributed by atoms with Crippen molar-refractivity contribution in [3.63, 3.8) is 0 Å². The van der Waals surface area contributed by atoms with Crippen LogP contribution in [0.2, 0.25) is 0 Å². The largest absolute Gasteiger partial charge is 0.481 e. The molecule has 1 aliphatic rings. The third-order valence-corrected chi connectivity index (χ3v) is 3.40. The molecule has 4 heteroatoms. The van der Waals surface area contributed by atoms with Crippen molar-refractivity contribution in [3.8, 4) is 0 Å². The molecule has 1 heterocycles. The Labute approximate surface area is 98.2 Å². The highest BCUT2D eigenvalue weighted by molar-refractivity contribution is 5.66. The van der Waals surface area contributed by atoms with Gasteiger partial charge in [-0.3, -0.25) is 4.79 Å². The van der Waals surface area contributed by atoms with Gasteiger partial charge < -0.3 is 14.9 Å². The van der Waals surface area contributed by atoms with Crippen molar-refractivity contribution in [2.75, 3.05) is 33.2 Å². The molecular weight excluding hydrogens is 204 g/mol. The summed E-state index contributed by atoms with van der Waals surface area (Å²) in [7, 11) is 2.11. The van der Waals surface area contributed by atoms with Crippen LogP contribution in [0.5, 0.6) is 0 Å². The molecule has 0 radical (unpaired) electrons. The minimum absolute atomic E-state index is 0.279. The molecule has 16 heavy (non-hydrogen) atoms. The van der Waals surface area contributed by atoms with E-state index in [9.17, 15) is 4.79 Å². The first-order valence-corrected chi connectivity index (χ1v) is 6.17.